The van der Waals surface area contributed by atoms with Gasteiger partial charge in [0.1, 0.15) is 5.65 Å². The van der Waals surface area contributed by atoms with Gasteiger partial charge in [-0.05, 0) is 31.2 Å². The fraction of sp³-hybridized carbons (Fsp3) is 0.167. The number of nitrogens with one attached hydrogen (secondary N) is 1. The highest BCUT2D eigenvalue weighted by atomic mass is 16.7. The summed E-state index contributed by atoms with van der Waals surface area (Å²) < 4.78 is 11.0. The van der Waals surface area contributed by atoms with Crippen LogP contribution in [0.5, 0.6) is 0 Å². The number of rotatable bonds is 6. The Hall–Kier alpha value is -2.99. The second-order valence-corrected chi connectivity index (χ2v) is 5.03. The molecule has 1 N–H and O–H groups in total. The summed E-state index contributed by atoms with van der Waals surface area (Å²) in [7, 11) is 0. The molecule has 0 radical (unpaired) electrons. The van der Waals surface area contributed by atoms with Crippen LogP contribution in [0.2, 0.25) is 0 Å². The average Bonchev–Trinajstić information content (AvgIpc) is 3.00. The zero-order chi connectivity index (χ0) is 16.9. The second-order valence-electron chi connectivity index (χ2n) is 5.03. The van der Waals surface area contributed by atoms with Crippen molar-refractivity contribution >= 4 is 23.3 Å². The number of fused-ring (bicyclic) bond motifs is 1. The Bertz CT molecular complexity index is 858. The molecule has 2 heterocycles. The van der Waals surface area contributed by atoms with Crippen molar-refractivity contribution in [2.75, 3.05) is 6.61 Å². The maximum atomic E-state index is 12.3. The van der Waals surface area contributed by atoms with Gasteiger partial charge in [-0.1, -0.05) is 18.2 Å². The number of aromatic amines is 1. The summed E-state index contributed by atoms with van der Waals surface area (Å²) in [6.07, 6.45) is 1.30. The Morgan fingerprint density at radius 1 is 1.25 bits per heavy atom. The minimum atomic E-state index is -1.02. The van der Waals surface area contributed by atoms with Gasteiger partial charge in [0, 0.05) is 18.2 Å². The molecule has 0 amide bonds. The summed E-state index contributed by atoms with van der Waals surface area (Å²) in [6, 6.07) is 12.1. The van der Waals surface area contributed by atoms with Crippen LogP contribution in [0.25, 0.3) is 11.0 Å². The zero-order valence-corrected chi connectivity index (χ0v) is 13.1. The number of pyridine rings is 1. The molecule has 2 aromatic heterocycles. The quantitative estimate of drug-likeness (QED) is 0.427. The Kier molecular flexibility index (Phi) is 4.67. The van der Waals surface area contributed by atoms with Crippen molar-refractivity contribution in [1.82, 2.24) is 9.97 Å². The molecule has 1 aromatic carbocycles. The van der Waals surface area contributed by atoms with E-state index in [0.29, 0.717) is 40.7 Å². The van der Waals surface area contributed by atoms with Gasteiger partial charge in [0.15, 0.2) is 6.29 Å². The van der Waals surface area contributed by atoms with Crippen molar-refractivity contribution in [1.29, 1.82) is 0 Å². The van der Waals surface area contributed by atoms with Crippen LogP contribution >= 0.6 is 0 Å². The molecule has 6 nitrogen and oxygen atoms in total. The minimum Gasteiger partial charge on any atom is -0.426 e. The largest absolute Gasteiger partial charge is 0.426 e. The molecule has 0 aliphatic heterocycles. The molecule has 0 spiro atoms. The Labute approximate surface area is 138 Å². The predicted octanol–water partition coefficient (Wildman–Crippen LogP) is 3.27. The summed E-state index contributed by atoms with van der Waals surface area (Å²) >= 11 is 0. The standard InChI is InChI=1S/C18H16N2O4/c1-2-23-18(24-17(22)12-7-4-3-5-8-12)15-14(11-21)13-9-6-10-19-16(13)20-15/h3-11,18H,2H2,1H3,(H,19,20). The van der Waals surface area contributed by atoms with Crippen LogP contribution in [0.3, 0.4) is 0 Å². The summed E-state index contributed by atoms with van der Waals surface area (Å²) in [5, 5.41) is 0.656. The first kappa shape index (κ1) is 15.9. The lowest BCUT2D eigenvalue weighted by atomic mass is 10.2. The molecule has 0 saturated heterocycles. The lowest BCUT2D eigenvalue weighted by molar-refractivity contribution is -0.112. The molecule has 1 unspecified atom stereocenters. The first-order chi connectivity index (χ1) is 11.7. The van der Waals surface area contributed by atoms with Crippen LogP contribution in [0.1, 0.15) is 39.6 Å². The van der Waals surface area contributed by atoms with Gasteiger partial charge in [-0.2, -0.15) is 0 Å². The van der Waals surface area contributed by atoms with Crippen molar-refractivity contribution in [3.8, 4) is 0 Å². The summed E-state index contributed by atoms with van der Waals surface area (Å²) in [5.41, 5.74) is 1.70. The van der Waals surface area contributed by atoms with Gasteiger partial charge < -0.3 is 14.5 Å². The second kappa shape index (κ2) is 7.06. The van der Waals surface area contributed by atoms with E-state index in [4.69, 9.17) is 9.47 Å². The van der Waals surface area contributed by atoms with E-state index in [2.05, 4.69) is 9.97 Å². The molecule has 0 aliphatic carbocycles. The van der Waals surface area contributed by atoms with Crippen LogP contribution < -0.4 is 0 Å². The topological polar surface area (TPSA) is 81.3 Å². The van der Waals surface area contributed by atoms with Crippen LogP contribution in [-0.2, 0) is 9.47 Å². The number of hydrogen-bond acceptors (Lipinski definition) is 5. The van der Waals surface area contributed by atoms with Crippen molar-refractivity contribution in [3.63, 3.8) is 0 Å². The van der Waals surface area contributed by atoms with E-state index in [0.717, 1.165) is 0 Å². The lowest BCUT2D eigenvalue weighted by Crippen LogP contribution is -2.16. The van der Waals surface area contributed by atoms with E-state index in [9.17, 15) is 9.59 Å². The highest BCUT2D eigenvalue weighted by molar-refractivity contribution is 5.97. The number of aromatic nitrogens is 2. The summed E-state index contributed by atoms with van der Waals surface area (Å²) in [6.45, 7) is 2.10. The third kappa shape index (κ3) is 3.04. The number of carbonyl (C=O) groups excluding carboxylic acids is 2. The number of carbonyl (C=O) groups is 2. The smallest absolute Gasteiger partial charge is 0.340 e. The van der Waals surface area contributed by atoms with Gasteiger partial charge in [-0.25, -0.2) is 9.78 Å². The number of H-pyrrole nitrogens is 1. The Morgan fingerprint density at radius 2 is 2.04 bits per heavy atom. The Morgan fingerprint density at radius 3 is 2.75 bits per heavy atom. The van der Waals surface area contributed by atoms with E-state index in [-0.39, 0.29) is 0 Å². The highest BCUT2D eigenvalue weighted by Gasteiger charge is 2.24. The fourth-order valence-corrected chi connectivity index (χ4v) is 2.44. The van der Waals surface area contributed by atoms with Crippen LogP contribution in [0.15, 0.2) is 48.7 Å². The molecule has 0 fully saturated rings. The zero-order valence-electron chi connectivity index (χ0n) is 13.1. The third-order valence-electron chi connectivity index (χ3n) is 3.54. The van der Waals surface area contributed by atoms with E-state index in [1.165, 1.54) is 0 Å². The maximum Gasteiger partial charge on any atom is 0.340 e. The van der Waals surface area contributed by atoms with Crippen molar-refractivity contribution in [2.45, 2.75) is 13.2 Å². The molecular weight excluding hydrogens is 308 g/mol. The van der Waals surface area contributed by atoms with Gasteiger partial charge in [0.25, 0.3) is 0 Å². The number of esters is 1. The van der Waals surface area contributed by atoms with E-state index >= 15 is 0 Å². The van der Waals surface area contributed by atoms with Crippen molar-refractivity contribution < 1.29 is 19.1 Å². The average molecular weight is 324 g/mol. The molecule has 122 valence electrons. The number of nitrogens with zero attached hydrogens (tertiary/aromatic N) is 1. The third-order valence-corrected chi connectivity index (χ3v) is 3.54. The SMILES string of the molecule is CCOC(OC(=O)c1ccccc1)c1[nH]c2ncccc2c1C=O. The summed E-state index contributed by atoms with van der Waals surface area (Å²) in [5.74, 6) is -0.530. The van der Waals surface area contributed by atoms with Crippen LogP contribution in [-0.4, -0.2) is 28.8 Å². The van der Waals surface area contributed by atoms with Crippen LogP contribution in [0.4, 0.5) is 0 Å². The number of hydrogen-bond donors (Lipinski definition) is 1. The van der Waals surface area contributed by atoms with Gasteiger partial charge >= 0.3 is 5.97 Å². The number of aldehydes is 1. The van der Waals surface area contributed by atoms with E-state index in [1.54, 1.807) is 49.5 Å². The van der Waals surface area contributed by atoms with Gasteiger partial charge in [0.05, 0.1) is 16.8 Å². The molecule has 6 heteroatoms. The molecule has 3 rings (SSSR count). The molecule has 3 aromatic rings. The molecule has 1 atom stereocenters. The highest BCUT2D eigenvalue weighted by Crippen LogP contribution is 2.28. The normalized spacial score (nSPS) is 12.0. The Balaban J connectivity index is 1.96. The predicted molar refractivity (Wildman–Crippen MR) is 87.7 cm³/mol. The molecule has 0 bridgehead atoms. The number of benzene rings is 1. The monoisotopic (exact) mass is 324 g/mol. The van der Waals surface area contributed by atoms with Crippen molar-refractivity contribution in [2.24, 2.45) is 0 Å². The number of ether oxygens (including phenoxy) is 2. The van der Waals surface area contributed by atoms with Crippen LogP contribution in [0, 0.1) is 0 Å². The van der Waals surface area contributed by atoms with Gasteiger partial charge in [0.2, 0.25) is 6.29 Å². The maximum absolute atomic E-state index is 12.3. The lowest BCUT2D eigenvalue weighted by Gasteiger charge is -2.17. The molecule has 0 saturated carbocycles. The fourth-order valence-electron chi connectivity index (χ4n) is 2.44. The summed E-state index contributed by atoms with van der Waals surface area (Å²) in [4.78, 5) is 31.0. The first-order valence-corrected chi connectivity index (χ1v) is 7.54. The van der Waals surface area contributed by atoms with Gasteiger partial charge in [-0.15, -0.1) is 0 Å². The van der Waals surface area contributed by atoms with E-state index < -0.39 is 12.3 Å². The van der Waals surface area contributed by atoms with Gasteiger partial charge in [-0.3, -0.25) is 4.79 Å². The molecule has 0 aliphatic rings. The first-order valence-electron chi connectivity index (χ1n) is 7.54. The minimum absolute atomic E-state index is 0.313. The molecule has 24 heavy (non-hydrogen) atoms. The van der Waals surface area contributed by atoms with Crippen molar-refractivity contribution in [3.05, 3.63) is 65.5 Å². The van der Waals surface area contributed by atoms with E-state index in [1.807, 2.05) is 6.07 Å². The molecular formula is C18H16N2O4.